The number of ketones is 1. The number of ether oxygens (including phenoxy) is 4. The normalized spacial score (nSPS) is 16.9. The summed E-state index contributed by atoms with van der Waals surface area (Å²) in [6.45, 7) is 6.33. The molecule has 1 aliphatic rings. The van der Waals surface area contributed by atoms with Crippen molar-refractivity contribution in [3.05, 3.63) is 29.8 Å². The molecular formula is C35H55N5O11. The Morgan fingerprint density at radius 2 is 1.63 bits per heavy atom. The Morgan fingerprint density at radius 1 is 0.980 bits per heavy atom. The number of nitrogens with zero attached hydrogens (tertiary/aromatic N) is 1. The minimum absolute atomic E-state index is 0.0897. The Balaban J connectivity index is 1.72. The van der Waals surface area contributed by atoms with E-state index >= 15 is 0 Å². The van der Waals surface area contributed by atoms with Gasteiger partial charge in [0, 0.05) is 37.2 Å². The molecule has 16 heteroatoms. The number of benzene rings is 1. The van der Waals surface area contributed by atoms with E-state index in [9.17, 15) is 33.9 Å². The second kappa shape index (κ2) is 23.4. The summed E-state index contributed by atoms with van der Waals surface area (Å²) < 4.78 is 21.1. The van der Waals surface area contributed by atoms with E-state index < -0.39 is 23.9 Å². The molecule has 5 amide bonds. The average molecular weight is 722 g/mol. The molecule has 286 valence electrons. The van der Waals surface area contributed by atoms with Gasteiger partial charge in [-0.15, -0.1) is 0 Å². The van der Waals surface area contributed by atoms with Crippen molar-refractivity contribution in [1.82, 2.24) is 15.5 Å². The van der Waals surface area contributed by atoms with Crippen LogP contribution in [-0.2, 0) is 49.5 Å². The first kappa shape index (κ1) is 43.0. The van der Waals surface area contributed by atoms with Gasteiger partial charge in [-0.3, -0.25) is 24.0 Å². The van der Waals surface area contributed by atoms with E-state index in [-0.39, 0.29) is 107 Å². The quantitative estimate of drug-likeness (QED) is 0.0796. The first-order valence-electron chi connectivity index (χ1n) is 17.3. The zero-order chi connectivity index (χ0) is 37.8. The number of likely N-dealkylation sites (tertiary alicyclic amines) is 1. The van der Waals surface area contributed by atoms with Crippen molar-refractivity contribution in [2.75, 3.05) is 65.2 Å². The molecule has 1 saturated heterocycles. The highest BCUT2D eigenvalue weighted by atomic mass is 16.5. The number of esters is 1. The van der Waals surface area contributed by atoms with E-state index in [1.165, 1.54) is 7.11 Å². The number of primary amides is 1. The zero-order valence-corrected chi connectivity index (χ0v) is 30.1. The van der Waals surface area contributed by atoms with E-state index in [0.29, 0.717) is 37.1 Å². The van der Waals surface area contributed by atoms with Crippen molar-refractivity contribution < 1.29 is 52.8 Å². The van der Waals surface area contributed by atoms with Crippen LogP contribution in [0, 0.1) is 17.8 Å². The highest BCUT2D eigenvalue weighted by Crippen LogP contribution is 2.24. The van der Waals surface area contributed by atoms with Gasteiger partial charge >= 0.3 is 12.0 Å². The number of nitrogens with one attached hydrogen (secondary N) is 3. The van der Waals surface area contributed by atoms with Gasteiger partial charge in [0.15, 0.2) is 5.78 Å². The van der Waals surface area contributed by atoms with Crippen molar-refractivity contribution in [2.24, 2.45) is 23.5 Å². The molecule has 2 rings (SSSR count). The van der Waals surface area contributed by atoms with E-state index in [2.05, 4.69) is 16.0 Å². The van der Waals surface area contributed by atoms with Gasteiger partial charge in [-0.05, 0) is 56.2 Å². The summed E-state index contributed by atoms with van der Waals surface area (Å²) in [4.78, 5) is 76.3. The fourth-order valence-electron chi connectivity index (χ4n) is 5.70. The molecular weight excluding hydrogens is 666 g/mol. The van der Waals surface area contributed by atoms with Crippen LogP contribution in [-0.4, -0.2) is 117 Å². The molecule has 16 nitrogen and oxygen atoms in total. The lowest BCUT2D eigenvalue weighted by Crippen LogP contribution is -2.47. The molecule has 1 aromatic rings. The standard InChI is InChI=1S/C35H55N5O11/c1-23(2)32(29(42)19-26(6-5-12-37-35(36)47)33(45)38-28-9-7-25(20-41)8-10-28)39-30(43)21-50-16-14-49-15-17-51-22-31(44)40-13-11-27(18-24(40)3)34(46)48-4/h7-10,23-24,26-27,32,41H,5-6,11-22H2,1-4H3,(H,38,45)(H,39,43)(H3,36,37,47)/t24?,26-,27?,32+/m1/s1. The van der Waals surface area contributed by atoms with Crippen molar-refractivity contribution in [3.8, 4) is 0 Å². The predicted molar refractivity (Wildman–Crippen MR) is 186 cm³/mol. The largest absolute Gasteiger partial charge is 0.469 e. The number of rotatable bonds is 23. The molecule has 1 aromatic carbocycles. The van der Waals surface area contributed by atoms with Gasteiger partial charge in [0.1, 0.15) is 13.2 Å². The maximum atomic E-state index is 13.4. The van der Waals surface area contributed by atoms with Crippen LogP contribution in [0.25, 0.3) is 0 Å². The van der Waals surface area contributed by atoms with E-state index in [0.717, 1.165) is 0 Å². The number of carbonyl (C=O) groups excluding carboxylic acids is 6. The Bertz CT molecular complexity index is 1280. The minimum atomic E-state index is -0.859. The molecule has 0 aliphatic carbocycles. The van der Waals surface area contributed by atoms with Crippen LogP contribution < -0.4 is 21.7 Å². The summed E-state index contributed by atoms with van der Waals surface area (Å²) in [5.74, 6) is -2.82. The topological polar surface area (TPSA) is 225 Å². The molecule has 1 fully saturated rings. The van der Waals surface area contributed by atoms with Crippen LogP contribution in [0.2, 0.25) is 0 Å². The Labute approximate surface area is 299 Å². The van der Waals surface area contributed by atoms with Crippen LogP contribution in [0.3, 0.4) is 0 Å². The van der Waals surface area contributed by atoms with Crippen LogP contribution in [0.15, 0.2) is 24.3 Å². The van der Waals surface area contributed by atoms with Gasteiger partial charge in [0.25, 0.3) is 0 Å². The number of hydrogen-bond acceptors (Lipinski definition) is 11. The fraction of sp³-hybridized carbons (Fsp3) is 0.657. The number of urea groups is 1. The molecule has 1 aliphatic heterocycles. The van der Waals surface area contributed by atoms with E-state index in [1.807, 2.05) is 6.92 Å². The van der Waals surface area contributed by atoms with Crippen LogP contribution in [0.4, 0.5) is 10.5 Å². The van der Waals surface area contributed by atoms with Crippen molar-refractivity contribution in [3.63, 3.8) is 0 Å². The average Bonchev–Trinajstić information content (AvgIpc) is 3.10. The molecule has 4 atom stereocenters. The predicted octanol–water partition coefficient (Wildman–Crippen LogP) is 1.13. The summed E-state index contributed by atoms with van der Waals surface area (Å²) in [7, 11) is 1.36. The minimum Gasteiger partial charge on any atom is -0.469 e. The Hall–Kier alpha value is -4.12. The monoisotopic (exact) mass is 721 g/mol. The SMILES string of the molecule is COC(=O)C1CCN(C(=O)COCCOCCOCC(=O)N[C@H](C(=O)C[C@@H](CCCNC(N)=O)C(=O)Nc2ccc(CO)cc2)C(C)C)C(C)C1. The maximum Gasteiger partial charge on any atom is 0.312 e. The summed E-state index contributed by atoms with van der Waals surface area (Å²) >= 11 is 0. The van der Waals surface area contributed by atoms with Gasteiger partial charge in [0.2, 0.25) is 17.7 Å². The third-order valence-corrected chi connectivity index (χ3v) is 8.51. The molecule has 2 unspecified atom stereocenters. The van der Waals surface area contributed by atoms with Crippen LogP contribution >= 0.6 is 0 Å². The summed E-state index contributed by atoms with van der Waals surface area (Å²) in [5, 5.41) is 17.3. The molecule has 0 radical (unpaired) electrons. The van der Waals surface area contributed by atoms with Crippen molar-refractivity contribution in [2.45, 2.75) is 71.6 Å². The molecule has 1 heterocycles. The van der Waals surface area contributed by atoms with Gasteiger partial charge in [-0.25, -0.2) is 4.79 Å². The number of carbonyl (C=O) groups is 6. The van der Waals surface area contributed by atoms with Gasteiger partial charge < -0.3 is 50.6 Å². The number of aliphatic hydroxyl groups is 1. The lowest BCUT2D eigenvalue weighted by Gasteiger charge is -2.36. The van der Waals surface area contributed by atoms with E-state index in [4.69, 9.17) is 24.7 Å². The number of nitrogens with two attached hydrogens (primary N) is 1. The molecule has 0 spiro atoms. The summed E-state index contributed by atoms with van der Waals surface area (Å²) in [6, 6.07) is 5.01. The first-order chi connectivity index (χ1) is 24.4. The fourth-order valence-corrected chi connectivity index (χ4v) is 5.70. The lowest BCUT2D eigenvalue weighted by atomic mass is 9.89. The molecule has 0 bridgehead atoms. The summed E-state index contributed by atoms with van der Waals surface area (Å²) in [6.07, 6.45) is 1.64. The number of methoxy groups -OCH3 is 1. The van der Waals surface area contributed by atoms with Crippen LogP contribution in [0.1, 0.15) is 58.4 Å². The number of amides is 5. The number of aliphatic hydroxyl groups excluding tert-OH is 1. The highest BCUT2D eigenvalue weighted by molar-refractivity contribution is 5.97. The smallest absolute Gasteiger partial charge is 0.312 e. The molecule has 6 N–H and O–H groups in total. The number of hydrogen-bond donors (Lipinski definition) is 5. The molecule has 0 aromatic heterocycles. The first-order valence-corrected chi connectivity index (χ1v) is 17.3. The van der Waals surface area contributed by atoms with Crippen molar-refractivity contribution in [1.29, 1.82) is 0 Å². The summed E-state index contributed by atoms with van der Waals surface area (Å²) in [5.41, 5.74) is 6.32. The van der Waals surface area contributed by atoms with Crippen molar-refractivity contribution >= 4 is 41.2 Å². The highest BCUT2D eigenvalue weighted by Gasteiger charge is 2.33. The molecule has 0 saturated carbocycles. The Kier molecular flexibility index (Phi) is 19.7. The molecule has 51 heavy (non-hydrogen) atoms. The van der Waals surface area contributed by atoms with E-state index in [1.54, 1.807) is 43.0 Å². The number of anilines is 1. The second-order valence-electron chi connectivity index (χ2n) is 12.8. The van der Waals surface area contributed by atoms with Crippen LogP contribution in [0.5, 0.6) is 0 Å². The van der Waals surface area contributed by atoms with Gasteiger partial charge in [0.05, 0.1) is 52.1 Å². The van der Waals surface area contributed by atoms with Gasteiger partial charge in [-0.1, -0.05) is 26.0 Å². The Morgan fingerprint density at radius 3 is 2.22 bits per heavy atom. The zero-order valence-electron chi connectivity index (χ0n) is 30.1. The maximum absolute atomic E-state index is 13.4. The lowest BCUT2D eigenvalue weighted by molar-refractivity contribution is -0.151. The third-order valence-electron chi connectivity index (χ3n) is 8.51. The number of Topliss-reactive ketones (excluding diaryl/α,β-unsaturated/α-hetero) is 1. The van der Waals surface area contributed by atoms with Gasteiger partial charge in [-0.2, -0.15) is 0 Å². The number of piperidine rings is 1. The second-order valence-corrected chi connectivity index (χ2v) is 12.8. The third kappa shape index (κ3) is 16.2.